The quantitative estimate of drug-likeness (QED) is 0.662. The van der Waals surface area contributed by atoms with Gasteiger partial charge in [-0.2, -0.15) is 0 Å². The zero-order chi connectivity index (χ0) is 21.8. The summed E-state index contributed by atoms with van der Waals surface area (Å²) in [5.41, 5.74) is 2.44. The first-order chi connectivity index (χ1) is 15.0. The Kier molecular flexibility index (Phi) is 6.04. The Hall–Kier alpha value is -3.19. The molecule has 0 saturated carbocycles. The lowest BCUT2D eigenvalue weighted by molar-refractivity contribution is -0.122. The second-order valence-corrected chi connectivity index (χ2v) is 7.98. The van der Waals surface area contributed by atoms with Gasteiger partial charge >= 0.3 is 0 Å². The summed E-state index contributed by atoms with van der Waals surface area (Å²) in [4.78, 5) is 29.9. The normalized spacial score (nSPS) is 15.5. The van der Waals surface area contributed by atoms with Gasteiger partial charge in [-0.3, -0.25) is 14.2 Å². The number of aryl methyl sites for hydroxylation is 1. The lowest BCUT2D eigenvalue weighted by Gasteiger charge is -2.38. The van der Waals surface area contributed by atoms with Gasteiger partial charge in [0, 0.05) is 25.2 Å². The fourth-order valence-corrected chi connectivity index (χ4v) is 4.22. The van der Waals surface area contributed by atoms with Gasteiger partial charge in [-0.25, -0.2) is 4.98 Å². The number of benzene rings is 2. The molecule has 162 valence electrons. The molecule has 7 nitrogen and oxygen atoms in total. The summed E-state index contributed by atoms with van der Waals surface area (Å²) in [6.07, 6.45) is 1.63. The van der Waals surface area contributed by atoms with Crippen LogP contribution in [-0.2, 0) is 21.5 Å². The van der Waals surface area contributed by atoms with Crippen LogP contribution in [0.1, 0.15) is 24.1 Å². The van der Waals surface area contributed by atoms with Crippen LogP contribution in [-0.4, -0.2) is 42.3 Å². The summed E-state index contributed by atoms with van der Waals surface area (Å²) in [6, 6.07) is 15.4. The largest absolute Gasteiger partial charge is 0.497 e. The molecule has 0 atom stereocenters. The van der Waals surface area contributed by atoms with Crippen LogP contribution >= 0.6 is 0 Å². The number of fused-ring (bicyclic) bond motifs is 1. The van der Waals surface area contributed by atoms with Crippen molar-refractivity contribution in [2.45, 2.75) is 31.7 Å². The van der Waals surface area contributed by atoms with Crippen LogP contribution < -0.4 is 15.6 Å². The summed E-state index contributed by atoms with van der Waals surface area (Å²) < 4.78 is 12.4. The molecule has 1 aliphatic heterocycles. The molecular formula is C24H27N3O4. The maximum absolute atomic E-state index is 12.9. The second-order valence-electron chi connectivity index (χ2n) is 7.98. The number of hydrogen-bond acceptors (Lipinski definition) is 5. The second kappa shape index (κ2) is 8.89. The molecule has 0 aliphatic carbocycles. The van der Waals surface area contributed by atoms with Crippen LogP contribution in [0.15, 0.2) is 53.3 Å². The van der Waals surface area contributed by atoms with Crippen LogP contribution in [0, 0.1) is 6.92 Å². The number of rotatable bonds is 6. The maximum Gasteiger partial charge on any atom is 0.272 e. The summed E-state index contributed by atoms with van der Waals surface area (Å²) in [7, 11) is 1.64. The van der Waals surface area contributed by atoms with Gasteiger partial charge in [-0.15, -0.1) is 0 Å². The molecule has 3 aromatic rings. The van der Waals surface area contributed by atoms with Crippen molar-refractivity contribution in [3.05, 3.63) is 70.1 Å². The number of hydrogen-bond donors (Lipinski definition) is 1. The van der Waals surface area contributed by atoms with Crippen LogP contribution in [0.3, 0.4) is 0 Å². The number of amides is 1. The molecule has 0 unspecified atom stereocenters. The number of ether oxygens (including phenoxy) is 2. The van der Waals surface area contributed by atoms with E-state index in [1.54, 1.807) is 14.0 Å². The highest BCUT2D eigenvalue weighted by molar-refractivity contribution is 5.80. The standard InChI is InChI=1S/C24H27N3O4/c1-17-23(29)27(21-6-4-3-5-20(21)26-17)15-22(28)25-16-24(11-13-31-14-12-24)18-7-9-19(30-2)10-8-18/h3-10H,11-16H2,1-2H3,(H,25,28). The van der Waals surface area contributed by atoms with Gasteiger partial charge in [0.05, 0.1) is 18.1 Å². The topological polar surface area (TPSA) is 82.5 Å². The van der Waals surface area contributed by atoms with Crippen molar-refractivity contribution in [1.29, 1.82) is 0 Å². The van der Waals surface area contributed by atoms with E-state index in [0.717, 1.165) is 24.2 Å². The van der Waals surface area contributed by atoms with Gasteiger partial charge in [0.15, 0.2) is 0 Å². The third-order valence-corrected chi connectivity index (χ3v) is 6.09. The summed E-state index contributed by atoms with van der Waals surface area (Å²) in [6.45, 7) is 3.41. The molecule has 0 bridgehead atoms. The maximum atomic E-state index is 12.9. The van der Waals surface area contributed by atoms with Crippen molar-refractivity contribution in [2.24, 2.45) is 0 Å². The third kappa shape index (κ3) is 4.32. The molecule has 1 saturated heterocycles. The predicted octanol–water partition coefficient (Wildman–Crippen LogP) is 2.58. The van der Waals surface area contributed by atoms with Gasteiger partial charge in [0.2, 0.25) is 5.91 Å². The van der Waals surface area contributed by atoms with Crippen molar-refractivity contribution in [3.8, 4) is 5.75 Å². The SMILES string of the molecule is COc1ccc(C2(CNC(=O)Cn3c(=O)c(C)nc4ccccc43)CCOCC2)cc1. The van der Waals surface area contributed by atoms with Gasteiger partial charge < -0.3 is 14.8 Å². The summed E-state index contributed by atoms with van der Waals surface area (Å²) in [5, 5.41) is 3.07. The van der Waals surface area contributed by atoms with E-state index in [2.05, 4.69) is 22.4 Å². The fraction of sp³-hybridized carbons (Fsp3) is 0.375. The zero-order valence-corrected chi connectivity index (χ0v) is 17.9. The predicted molar refractivity (Wildman–Crippen MR) is 118 cm³/mol. The minimum absolute atomic E-state index is 0.0438. The molecule has 2 heterocycles. The van der Waals surface area contributed by atoms with Crippen LogP contribution in [0.25, 0.3) is 11.0 Å². The number of nitrogens with zero attached hydrogens (tertiary/aromatic N) is 2. The number of carbonyl (C=O) groups excluding carboxylic acids is 1. The monoisotopic (exact) mass is 421 g/mol. The average Bonchev–Trinajstić information content (AvgIpc) is 2.81. The molecule has 2 aromatic carbocycles. The number of carbonyl (C=O) groups is 1. The van der Waals surface area contributed by atoms with E-state index in [9.17, 15) is 9.59 Å². The van der Waals surface area contributed by atoms with Gasteiger partial charge in [0.1, 0.15) is 18.0 Å². The summed E-state index contributed by atoms with van der Waals surface area (Å²) in [5.74, 6) is 0.603. The van der Waals surface area contributed by atoms with Gasteiger partial charge in [0.25, 0.3) is 5.56 Å². The van der Waals surface area contributed by atoms with E-state index in [1.807, 2.05) is 36.4 Å². The molecule has 0 radical (unpaired) electrons. The number of methoxy groups -OCH3 is 1. The van der Waals surface area contributed by atoms with E-state index in [1.165, 1.54) is 4.57 Å². The molecule has 0 spiro atoms. The third-order valence-electron chi connectivity index (χ3n) is 6.09. The Balaban J connectivity index is 1.55. The molecule has 7 heteroatoms. The lowest BCUT2D eigenvalue weighted by atomic mass is 9.74. The smallest absolute Gasteiger partial charge is 0.272 e. The van der Waals surface area contributed by atoms with Crippen molar-refractivity contribution in [1.82, 2.24) is 14.9 Å². The van der Waals surface area contributed by atoms with E-state index >= 15 is 0 Å². The highest BCUT2D eigenvalue weighted by atomic mass is 16.5. The van der Waals surface area contributed by atoms with E-state index < -0.39 is 0 Å². The minimum Gasteiger partial charge on any atom is -0.497 e. The van der Waals surface area contributed by atoms with Crippen molar-refractivity contribution in [3.63, 3.8) is 0 Å². The molecule has 4 rings (SSSR count). The van der Waals surface area contributed by atoms with Crippen LogP contribution in [0.4, 0.5) is 0 Å². The molecule has 1 aromatic heterocycles. The number of para-hydroxylation sites is 2. The molecule has 1 aliphatic rings. The highest BCUT2D eigenvalue weighted by Gasteiger charge is 2.35. The number of aromatic nitrogens is 2. The Labute approximate surface area is 181 Å². The van der Waals surface area contributed by atoms with E-state index in [-0.39, 0.29) is 23.4 Å². The first-order valence-electron chi connectivity index (χ1n) is 10.5. The van der Waals surface area contributed by atoms with Gasteiger partial charge in [-0.05, 0) is 49.6 Å². The zero-order valence-electron chi connectivity index (χ0n) is 17.9. The molecule has 31 heavy (non-hydrogen) atoms. The lowest BCUT2D eigenvalue weighted by Crippen LogP contribution is -2.46. The van der Waals surface area contributed by atoms with Crippen molar-refractivity contribution >= 4 is 16.9 Å². The Morgan fingerprint density at radius 3 is 2.58 bits per heavy atom. The summed E-state index contributed by atoms with van der Waals surface area (Å²) >= 11 is 0. The average molecular weight is 421 g/mol. The molecule has 1 fully saturated rings. The van der Waals surface area contributed by atoms with Gasteiger partial charge in [-0.1, -0.05) is 24.3 Å². The van der Waals surface area contributed by atoms with Crippen molar-refractivity contribution < 1.29 is 14.3 Å². The first kappa shape index (κ1) is 21.1. The fourth-order valence-electron chi connectivity index (χ4n) is 4.22. The Bertz CT molecular complexity index is 1130. The molecule has 1 N–H and O–H groups in total. The molecule has 1 amide bonds. The Morgan fingerprint density at radius 1 is 1.16 bits per heavy atom. The minimum atomic E-state index is -0.246. The van der Waals surface area contributed by atoms with E-state index in [4.69, 9.17) is 9.47 Å². The van der Waals surface area contributed by atoms with Crippen molar-refractivity contribution in [2.75, 3.05) is 26.9 Å². The highest BCUT2D eigenvalue weighted by Crippen LogP contribution is 2.35. The van der Waals surface area contributed by atoms with Crippen LogP contribution in [0.2, 0.25) is 0 Å². The number of nitrogens with one attached hydrogen (secondary N) is 1. The first-order valence-corrected chi connectivity index (χ1v) is 10.5. The molecular weight excluding hydrogens is 394 g/mol. The Morgan fingerprint density at radius 2 is 1.87 bits per heavy atom. The van der Waals surface area contributed by atoms with E-state index in [0.29, 0.717) is 36.5 Å². The van der Waals surface area contributed by atoms with Crippen LogP contribution in [0.5, 0.6) is 5.75 Å².